The Morgan fingerprint density at radius 2 is 1.81 bits per heavy atom. The van der Waals surface area contributed by atoms with Crippen molar-refractivity contribution in [1.82, 2.24) is 20.0 Å². The third kappa shape index (κ3) is 5.99. The van der Waals surface area contributed by atoms with E-state index < -0.39 is 0 Å². The number of nitrogens with one attached hydrogen (secondary N) is 1. The van der Waals surface area contributed by atoms with Gasteiger partial charge in [-0.3, -0.25) is 9.69 Å². The number of carbonyl (C=O) groups is 1. The van der Waals surface area contributed by atoms with Crippen LogP contribution in [0.1, 0.15) is 12.5 Å². The van der Waals surface area contributed by atoms with E-state index in [1.165, 1.54) is 28.7 Å². The van der Waals surface area contributed by atoms with E-state index in [4.69, 9.17) is 4.74 Å². The van der Waals surface area contributed by atoms with Gasteiger partial charge in [0.15, 0.2) is 4.34 Å². The predicted molar refractivity (Wildman–Crippen MR) is 130 cm³/mol. The summed E-state index contributed by atoms with van der Waals surface area (Å²) in [5.74, 6) is 0.964. The molecule has 1 amide bonds. The van der Waals surface area contributed by atoms with Crippen molar-refractivity contribution < 1.29 is 9.53 Å². The van der Waals surface area contributed by atoms with Gasteiger partial charge in [-0.15, -0.1) is 10.2 Å². The topological polar surface area (TPSA) is 70.6 Å². The molecule has 2 aromatic carbocycles. The van der Waals surface area contributed by atoms with Gasteiger partial charge in [0, 0.05) is 38.4 Å². The lowest BCUT2D eigenvalue weighted by molar-refractivity contribution is -0.132. The lowest BCUT2D eigenvalue weighted by Crippen LogP contribution is -2.50. The minimum atomic E-state index is -0.197. The Hall–Kier alpha value is -2.62. The van der Waals surface area contributed by atoms with Gasteiger partial charge >= 0.3 is 0 Å². The molecule has 0 saturated carbocycles. The fourth-order valence-electron chi connectivity index (χ4n) is 3.53. The fraction of sp³-hybridized carbons (Fsp3) is 0.348. The van der Waals surface area contributed by atoms with Gasteiger partial charge in [0.05, 0.1) is 12.4 Å². The molecule has 32 heavy (non-hydrogen) atoms. The lowest BCUT2D eigenvalue weighted by Gasteiger charge is -2.35. The molecule has 1 N–H and O–H groups in total. The third-order valence-electron chi connectivity index (χ3n) is 5.31. The van der Waals surface area contributed by atoms with Crippen molar-refractivity contribution >= 4 is 39.8 Å². The SMILES string of the molecule is COc1ccc(Nc2nnc(S[C@H](C)C(=O)N3CCN(Cc4ccccc4)CC3)s2)cc1. The molecule has 0 unspecified atom stereocenters. The predicted octanol–water partition coefficient (Wildman–Crippen LogP) is 4.12. The minimum absolute atomic E-state index is 0.161. The van der Waals surface area contributed by atoms with Gasteiger partial charge in [-0.05, 0) is 36.8 Å². The molecule has 2 heterocycles. The van der Waals surface area contributed by atoms with Gasteiger partial charge in [-0.25, -0.2) is 0 Å². The molecule has 0 spiro atoms. The Morgan fingerprint density at radius 1 is 1.09 bits per heavy atom. The van der Waals surface area contributed by atoms with Crippen molar-refractivity contribution in [3.05, 3.63) is 60.2 Å². The second-order valence-corrected chi connectivity index (χ2v) is 10.1. The number of ether oxygens (including phenoxy) is 1. The number of piperazine rings is 1. The Kier molecular flexibility index (Phi) is 7.62. The Morgan fingerprint density at radius 3 is 2.50 bits per heavy atom. The van der Waals surface area contributed by atoms with E-state index in [1.54, 1.807) is 7.11 Å². The van der Waals surface area contributed by atoms with Crippen LogP contribution in [0.4, 0.5) is 10.8 Å². The number of nitrogens with zero attached hydrogens (tertiary/aromatic N) is 4. The maximum Gasteiger partial charge on any atom is 0.235 e. The van der Waals surface area contributed by atoms with Gasteiger partial charge < -0.3 is 15.0 Å². The third-order valence-corrected chi connectivity index (χ3v) is 7.32. The first-order valence-corrected chi connectivity index (χ1v) is 12.3. The van der Waals surface area contributed by atoms with E-state index in [-0.39, 0.29) is 11.2 Å². The number of benzene rings is 2. The van der Waals surface area contributed by atoms with Crippen LogP contribution in [0.2, 0.25) is 0 Å². The first kappa shape index (κ1) is 22.6. The van der Waals surface area contributed by atoms with Gasteiger partial charge in [-0.1, -0.05) is 53.4 Å². The molecular weight excluding hydrogens is 442 g/mol. The first-order chi connectivity index (χ1) is 15.6. The Balaban J connectivity index is 1.25. The van der Waals surface area contributed by atoms with E-state index >= 15 is 0 Å². The maximum atomic E-state index is 12.9. The van der Waals surface area contributed by atoms with Crippen molar-refractivity contribution in [3.63, 3.8) is 0 Å². The summed E-state index contributed by atoms with van der Waals surface area (Å²) in [6.07, 6.45) is 0. The number of methoxy groups -OCH3 is 1. The van der Waals surface area contributed by atoms with Crippen molar-refractivity contribution in [3.8, 4) is 5.75 Å². The molecule has 1 aliphatic rings. The van der Waals surface area contributed by atoms with Gasteiger partial charge in [0.2, 0.25) is 11.0 Å². The number of hydrogen-bond acceptors (Lipinski definition) is 8. The number of anilines is 2. The zero-order chi connectivity index (χ0) is 22.3. The molecule has 168 valence electrons. The zero-order valence-electron chi connectivity index (χ0n) is 18.2. The molecule has 1 aromatic heterocycles. The van der Waals surface area contributed by atoms with Crippen molar-refractivity contribution in [1.29, 1.82) is 0 Å². The molecule has 7 nitrogen and oxygen atoms in total. The molecule has 1 fully saturated rings. The van der Waals surface area contributed by atoms with Crippen LogP contribution in [0.5, 0.6) is 5.75 Å². The van der Waals surface area contributed by atoms with E-state index in [2.05, 4.69) is 44.7 Å². The molecule has 1 saturated heterocycles. The highest BCUT2D eigenvalue weighted by Gasteiger charge is 2.26. The van der Waals surface area contributed by atoms with Crippen LogP contribution in [-0.2, 0) is 11.3 Å². The van der Waals surface area contributed by atoms with Crippen LogP contribution in [0.3, 0.4) is 0 Å². The quantitative estimate of drug-likeness (QED) is 0.498. The summed E-state index contributed by atoms with van der Waals surface area (Å²) in [5, 5.41) is 12.2. The van der Waals surface area contributed by atoms with Crippen LogP contribution in [0.15, 0.2) is 58.9 Å². The zero-order valence-corrected chi connectivity index (χ0v) is 19.9. The van der Waals surface area contributed by atoms with Crippen LogP contribution in [-0.4, -0.2) is 64.4 Å². The van der Waals surface area contributed by atoms with E-state index in [1.807, 2.05) is 42.2 Å². The molecule has 0 radical (unpaired) electrons. The lowest BCUT2D eigenvalue weighted by atomic mass is 10.2. The van der Waals surface area contributed by atoms with Crippen LogP contribution in [0.25, 0.3) is 0 Å². The first-order valence-electron chi connectivity index (χ1n) is 10.6. The van der Waals surface area contributed by atoms with E-state index in [0.717, 1.165) is 48.5 Å². The minimum Gasteiger partial charge on any atom is -0.497 e. The molecule has 1 aliphatic heterocycles. The van der Waals surface area contributed by atoms with Gasteiger partial charge in [0.1, 0.15) is 5.75 Å². The largest absolute Gasteiger partial charge is 0.497 e. The number of rotatable bonds is 8. The van der Waals surface area contributed by atoms with E-state index in [0.29, 0.717) is 5.13 Å². The van der Waals surface area contributed by atoms with Gasteiger partial charge in [0.25, 0.3) is 0 Å². The van der Waals surface area contributed by atoms with Crippen molar-refractivity contribution in [2.24, 2.45) is 0 Å². The summed E-state index contributed by atoms with van der Waals surface area (Å²) in [6.45, 7) is 6.19. The summed E-state index contributed by atoms with van der Waals surface area (Å²) in [7, 11) is 1.64. The molecule has 3 aromatic rings. The monoisotopic (exact) mass is 469 g/mol. The summed E-state index contributed by atoms with van der Waals surface area (Å²) in [6, 6.07) is 18.1. The summed E-state index contributed by atoms with van der Waals surface area (Å²) < 4.78 is 5.96. The van der Waals surface area contributed by atoms with Crippen LogP contribution >= 0.6 is 23.1 Å². The van der Waals surface area contributed by atoms with Gasteiger partial charge in [-0.2, -0.15) is 0 Å². The number of carbonyl (C=O) groups excluding carboxylic acids is 1. The Bertz CT molecular complexity index is 1000. The average Bonchev–Trinajstić information content (AvgIpc) is 3.27. The fourth-order valence-corrected chi connectivity index (χ4v) is 5.53. The second kappa shape index (κ2) is 10.8. The number of amides is 1. The van der Waals surface area contributed by atoms with Crippen LogP contribution in [0, 0.1) is 0 Å². The maximum absolute atomic E-state index is 12.9. The number of thioether (sulfide) groups is 1. The summed E-state index contributed by atoms with van der Waals surface area (Å²) in [5.41, 5.74) is 2.22. The average molecular weight is 470 g/mol. The highest BCUT2D eigenvalue weighted by atomic mass is 32.2. The molecule has 9 heteroatoms. The molecule has 0 bridgehead atoms. The van der Waals surface area contributed by atoms with Crippen molar-refractivity contribution in [2.75, 3.05) is 38.6 Å². The second-order valence-electron chi connectivity index (χ2n) is 7.57. The van der Waals surface area contributed by atoms with E-state index in [9.17, 15) is 4.79 Å². The number of aromatic nitrogens is 2. The number of hydrogen-bond donors (Lipinski definition) is 1. The standard InChI is InChI=1S/C23H27N5O2S2/c1-17(21(29)28-14-12-27(13-15-28)16-18-6-4-3-5-7-18)31-23-26-25-22(32-23)24-19-8-10-20(30-2)11-9-19/h3-11,17H,12-16H2,1-2H3,(H,24,25)/t17-/m1/s1. The molecule has 4 rings (SSSR count). The molecular formula is C23H27N5O2S2. The highest BCUT2D eigenvalue weighted by molar-refractivity contribution is 8.02. The summed E-state index contributed by atoms with van der Waals surface area (Å²) >= 11 is 2.92. The normalized spacial score (nSPS) is 15.4. The van der Waals surface area contributed by atoms with Crippen LogP contribution < -0.4 is 10.1 Å². The highest BCUT2D eigenvalue weighted by Crippen LogP contribution is 2.31. The van der Waals surface area contributed by atoms with Crippen molar-refractivity contribution in [2.45, 2.75) is 23.1 Å². The molecule has 0 aliphatic carbocycles. The smallest absolute Gasteiger partial charge is 0.235 e. The molecule has 1 atom stereocenters. The summed E-state index contributed by atoms with van der Waals surface area (Å²) in [4.78, 5) is 17.3. The Labute approximate surface area is 196 Å².